The van der Waals surface area contributed by atoms with Crippen molar-refractivity contribution in [3.8, 4) is 0 Å². The monoisotopic (exact) mass is 367 g/mol. The zero-order chi connectivity index (χ0) is 17.7. The maximum absolute atomic E-state index is 12.2. The van der Waals surface area contributed by atoms with Crippen LogP contribution in [0.25, 0.3) is 10.9 Å². The number of aromatic amines is 1. The van der Waals surface area contributed by atoms with Crippen LogP contribution in [0.15, 0.2) is 24.3 Å². The molecule has 0 radical (unpaired) electrons. The molecule has 0 bridgehead atoms. The second kappa shape index (κ2) is 8.82. The van der Waals surface area contributed by atoms with Crippen LogP contribution in [0.1, 0.15) is 37.7 Å². The Morgan fingerprint density at radius 1 is 1.32 bits per heavy atom. The molecule has 0 aliphatic rings. The van der Waals surface area contributed by atoms with E-state index in [-0.39, 0.29) is 43.1 Å². The molecule has 25 heavy (non-hydrogen) atoms. The number of nitrogens with zero attached hydrogens (tertiary/aromatic N) is 1. The van der Waals surface area contributed by atoms with Gasteiger partial charge in [-0.25, -0.2) is 0 Å². The number of carbonyl (C=O) groups is 2. The number of amides is 2. The zero-order valence-electron chi connectivity index (χ0n) is 14.8. The number of rotatable bonds is 7. The second-order valence-corrected chi connectivity index (χ2v) is 6.45. The standard InChI is InChI=1S/C17H25N5O2.ClH/c1-11(2)17(3,10-18)20-14(23)8-9-19-16(24)15-12-6-4-5-7-13(12)21-22-15;/h4-7,11H,8-10,18H2,1-3H3,(H,19,24)(H,20,23)(H,21,22);1H. The van der Waals surface area contributed by atoms with Crippen molar-refractivity contribution in [3.05, 3.63) is 30.0 Å². The third-order valence-corrected chi connectivity index (χ3v) is 4.45. The third-order valence-electron chi connectivity index (χ3n) is 4.45. The number of hydrogen-bond donors (Lipinski definition) is 4. The van der Waals surface area contributed by atoms with Gasteiger partial charge in [0.1, 0.15) is 0 Å². The summed E-state index contributed by atoms with van der Waals surface area (Å²) < 4.78 is 0. The van der Waals surface area contributed by atoms with E-state index in [2.05, 4.69) is 20.8 Å². The first-order chi connectivity index (χ1) is 11.4. The summed E-state index contributed by atoms with van der Waals surface area (Å²) in [4.78, 5) is 24.3. The van der Waals surface area contributed by atoms with E-state index in [0.29, 0.717) is 12.2 Å². The fourth-order valence-corrected chi connectivity index (χ4v) is 2.32. The van der Waals surface area contributed by atoms with Crippen LogP contribution in [-0.2, 0) is 4.79 Å². The number of hydrogen-bond acceptors (Lipinski definition) is 4. The summed E-state index contributed by atoms with van der Waals surface area (Å²) >= 11 is 0. The minimum Gasteiger partial charge on any atom is -0.350 e. The highest BCUT2D eigenvalue weighted by molar-refractivity contribution is 6.04. The highest BCUT2D eigenvalue weighted by Gasteiger charge is 2.28. The molecule has 138 valence electrons. The molecule has 0 saturated heterocycles. The van der Waals surface area contributed by atoms with Gasteiger partial charge in [-0.1, -0.05) is 32.0 Å². The average molecular weight is 368 g/mol. The summed E-state index contributed by atoms with van der Waals surface area (Å²) in [5.74, 6) is -0.217. The Bertz CT molecular complexity index is 731. The van der Waals surface area contributed by atoms with Gasteiger partial charge in [0.2, 0.25) is 5.91 Å². The Labute approximate surface area is 153 Å². The van der Waals surface area contributed by atoms with Crippen LogP contribution in [0.3, 0.4) is 0 Å². The van der Waals surface area contributed by atoms with E-state index >= 15 is 0 Å². The van der Waals surface area contributed by atoms with Crippen molar-refractivity contribution in [2.75, 3.05) is 13.1 Å². The van der Waals surface area contributed by atoms with Crippen molar-refractivity contribution < 1.29 is 9.59 Å². The van der Waals surface area contributed by atoms with Gasteiger partial charge in [-0.3, -0.25) is 14.7 Å². The SMILES string of the molecule is CC(C)C(C)(CN)NC(=O)CCNC(=O)c1n[nH]c2ccccc12.Cl. The van der Waals surface area contributed by atoms with Crippen molar-refractivity contribution in [2.24, 2.45) is 11.7 Å². The molecule has 8 heteroatoms. The fourth-order valence-electron chi connectivity index (χ4n) is 2.32. The Kier molecular flexibility index (Phi) is 7.38. The fraction of sp³-hybridized carbons (Fsp3) is 0.471. The van der Waals surface area contributed by atoms with E-state index in [4.69, 9.17) is 5.73 Å². The van der Waals surface area contributed by atoms with E-state index < -0.39 is 5.54 Å². The van der Waals surface area contributed by atoms with Gasteiger partial charge in [0, 0.05) is 24.9 Å². The summed E-state index contributed by atoms with van der Waals surface area (Å²) in [5.41, 5.74) is 6.44. The summed E-state index contributed by atoms with van der Waals surface area (Å²) in [6, 6.07) is 7.40. The van der Waals surface area contributed by atoms with E-state index in [9.17, 15) is 9.59 Å². The van der Waals surface area contributed by atoms with Gasteiger partial charge in [0.25, 0.3) is 5.91 Å². The molecule has 1 unspecified atom stereocenters. The predicted octanol–water partition coefficient (Wildman–Crippen LogP) is 1.59. The molecule has 2 amide bonds. The molecule has 0 spiro atoms. The van der Waals surface area contributed by atoms with Crippen LogP contribution < -0.4 is 16.4 Å². The summed E-state index contributed by atoms with van der Waals surface area (Å²) in [6.45, 7) is 6.55. The molecule has 2 rings (SSSR count). The number of aromatic nitrogens is 2. The number of H-pyrrole nitrogens is 1. The Morgan fingerprint density at radius 2 is 2.00 bits per heavy atom. The first-order valence-corrected chi connectivity index (χ1v) is 8.10. The van der Waals surface area contributed by atoms with Crippen LogP contribution in [0.2, 0.25) is 0 Å². The molecule has 2 aromatic rings. The molecule has 1 aromatic heterocycles. The maximum Gasteiger partial charge on any atom is 0.272 e. The van der Waals surface area contributed by atoms with E-state index in [1.165, 1.54) is 0 Å². The summed E-state index contributed by atoms with van der Waals surface area (Å²) in [7, 11) is 0. The van der Waals surface area contributed by atoms with Crippen molar-refractivity contribution in [1.82, 2.24) is 20.8 Å². The highest BCUT2D eigenvalue weighted by Crippen LogP contribution is 2.15. The lowest BCUT2D eigenvalue weighted by molar-refractivity contribution is -0.123. The molecule has 0 fully saturated rings. The lowest BCUT2D eigenvalue weighted by Crippen LogP contribution is -2.55. The number of halogens is 1. The van der Waals surface area contributed by atoms with Gasteiger partial charge in [-0.05, 0) is 18.9 Å². The number of nitrogens with one attached hydrogen (secondary N) is 3. The van der Waals surface area contributed by atoms with E-state index in [0.717, 1.165) is 10.9 Å². The maximum atomic E-state index is 12.2. The minimum absolute atomic E-state index is 0. The molecule has 1 heterocycles. The van der Waals surface area contributed by atoms with Gasteiger partial charge in [0.15, 0.2) is 5.69 Å². The van der Waals surface area contributed by atoms with Crippen molar-refractivity contribution in [3.63, 3.8) is 0 Å². The molecular formula is C17H26ClN5O2. The minimum atomic E-state index is -0.445. The first kappa shape index (κ1) is 20.9. The molecule has 1 aromatic carbocycles. The zero-order valence-corrected chi connectivity index (χ0v) is 15.6. The Hall–Kier alpha value is -2.12. The van der Waals surface area contributed by atoms with Crippen LogP contribution in [0.4, 0.5) is 0 Å². The van der Waals surface area contributed by atoms with Crippen molar-refractivity contribution >= 4 is 35.1 Å². The summed E-state index contributed by atoms with van der Waals surface area (Å²) in [5, 5.41) is 13.3. The lowest BCUT2D eigenvalue weighted by Gasteiger charge is -2.33. The number of carbonyl (C=O) groups excluding carboxylic acids is 2. The molecule has 7 nitrogen and oxygen atoms in total. The topological polar surface area (TPSA) is 113 Å². The number of nitrogens with two attached hydrogens (primary N) is 1. The Balaban J connectivity index is 0.00000312. The van der Waals surface area contributed by atoms with Crippen LogP contribution in [-0.4, -0.2) is 40.6 Å². The van der Waals surface area contributed by atoms with Gasteiger partial charge in [-0.15, -0.1) is 12.4 Å². The van der Waals surface area contributed by atoms with Gasteiger partial charge in [-0.2, -0.15) is 5.10 Å². The number of benzene rings is 1. The molecule has 0 aliphatic carbocycles. The van der Waals surface area contributed by atoms with Crippen LogP contribution in [0, 0.1) is 5.92 Å². The van der Waals surface area contributed by atoms with E-state index in [1.807, 2.05) is 45.0 Å². The largest absolute Gasteiger partial charge is 0.350 e. The van der Waals surface area contributed by atoms with E-state index in [1.54, 1.807) is 0 Å². The normalized spacial score (nSPS) is 13.2. The van der Waals surface area contributed by atoms with Crippen molar-refractivity contribution in [2.45, 2.75) is 32.7 Å². The number of fused-ring (bicyclic) bond motifs is 1. The van der Waals surface area contributed by atoms with Crippen molar-refractivity contribution in [1.29, 1.82) is 0 Å². The van der Waals surface area contributed by atoms with Crippen LogP contribution >= 0.6 is 12.4 Å². The first-order valence-electron chi connectivity index (χ1n) is 8.10. The molecule has 5 N–H and O–H groups in total. The van der Waals surface area contributed by atoms with Gasteiger partial charge < -0.3 is 16.4 Å². The van der Waals surface area contributed by atoms with Crippen LogP contribution in [0.5, 0.6) is 0 Å². The van der Waals surface area contributed by atoms with Gasteiger partial charge in [0.05, 0.1) is 11.1 Å². The highest BCUT2D eigenvalue weighted by atomic mass is 35.5. The molecule has 1 atom stereocenters. The lowest BCUT2D eigenvalue weighted by atomic mass is 9.88. The molecule has 0 saturated carbocycles. The number of para-hydroxylation sites is 1. The third kappa shape index (κ3) is 4.93. The average Bonchev–Trinajstić information content (AvgIpc) is 2.98. The summed E-state index contributed by atoms with van der Waals surface area (Å²) in [6.07, 6.45) is 0.191. The second-order valence-electron chi connectivity index (χ2n) is 6.45. The predicted molar refractivity (Wildman–Crippen MR) is 101 cm³/mol. The molecule has 0 aliphatic heterocycles. The smallest absolute Gasteiger partial charge is 0.272 e. The van der Waals surface area contributed by atoms with Gasteiger partial charge >= 0.3 is 0 Å². The Morgan fingerprint density at radius 3 is 2.64 bits per heavy atom. The quantitative estimate of drug-likeness (QED) is 0.595. The molecular weight excluding hydrogens is 342 g/mol.